The molecule has 2 heterocycles. The van der Waals surface area contributed by atoms with Crippen molar-refractivity contribution >= 4 is 28.3 Å². The summed E-state index contributed by atoms with van der Waals surface area (Å²) in [5, 5.41) is 3.05. The van der Waals surface area contributed by atoms with Crippen LogP contribution in [-0.2, 0) is 14.1 Å². The second-order valence-electron chi connectivity index (χ2n) is 7.90. The number of hydrogen-bond donors (Lipinski definition) is 1. The van der Waals surface area contributed by atoms with Crippen molar-refractivity contribution in [3.63, 3.8) is 0 Å². The number of benzene rings is 2. The highest BCUT2D eigenvalue weighted by Crippen LogP contribution is 2.33. The Labute approximate surface area is 174 Å². The summed E-state index contributed by atoms with van der Waals surface area (Å²) in [6, 6.07) is 11.2. The molecule has 0 atom stereocenters. The van der Waals surface area contributed by atoms with Gasteiger partial charge in [-0.25, -0.2) is 0 Å². The lowest BCUT2D eigenvalue weighted by Crippen LogP contribution is -2.39. The van der Waals surface area contributed by atoms with Crippen LogP contribution in [0.2, 0.25) is 0 Å². The van der Waals surface area contributed by atoms with Gasteiger partial charge >= 0.3 is 11.1 Å². The summed E-state index contributed by atoms with van der Waals surface area (Å²) in [5.74, 6) is -0.194. The van der Waals surface area contributed by atoms with Gasteiger partial charge in [-0.3, -0.25) is 14.4 Å². The molecular weight excluding hydrogens is 380 g/mol. The number of fused-ring (bicyclic) bond motifs is 1. The maximum atomic E-state index is 13.0. The van der Waals surface area contributed by atoms with Crippen LogP contribution in [0.15, 0.2) is 46.0 Å². The van der Waals surface area contributed by atoms with E-state index in [0.717, 1.165) is 37.2 Å². The predicted molar refractivity (Wildman–Crippen MR) is 120 cm³/mol. The molecule has 1 aliphatic heterocycles. The van der Waals surface area contributed by atoms with Gasteiger partial charge in [0.15, 0.2) is 0 Å². The molecule has 1 aliphatic rings. The maximum Gasteiger partial charge on any atom is 0.316 e. The zero-order chi connectivity index (χ0) is 21.4. The van der Waals surface area contributed by atoms with Crippen LogP contribution in [0.4, 0.5) is 11.4 Å². The maximum absolute atomic E-state index is 13.0. The number of hydrogen-bond acceptors (Lipinski definition) is 4. The standard InChI is InChI=1S/C23H26N4O3/c1-15-9-5-6-10-16(15)21(28)24-17-13-19-20(26(3)23(30)22(29)25(19)2)14-18(17)27-11-7-4-8-12-27/h5-6,9-10,13-14H,4,7-8,11-12H2,1-3H3,(H,24,28). The van der Waals surface area contributed by atoms with E-state index in [9.17, 15) is 14.4 Å². The lowest BCUT2D eigenvalue weighted by molar-refractivity contribution is 0.102. The molecule has 3 aromatic rings. The molecule has 0 saturated carbocycles. The van der Waals surface area contributed by atoms with E-state index in [1.165, 1.54) is 15.6 Å². The van der Waals surface area contributed by atoms with E-state index in [-0.39, 0.29) is 5.91 Å². The van der Waals surface area contributed by atoms with Crippen molar-refractivity contribution in [1.29, 1.82) is 0 Å². The fraction of sp³-hybridized carbons (Fsp3) is 0.348. The molecule has 2 aromatic carbocycles. The van der Waals surface area contributed by atoms with Crippen LogP contribution in [0.5, 0.6) is 0 Å². The molecule has 4 rings (SSSR count). The number of aromatic nitrogens is 2. The molecule has 1 aromatic heterocycles. The van der Waals surface area contributed by atoms with Gasteiger partial charge in [-0.1, -0.05) is 18.2 Å². The summed E-state index contributed by atoms with van der Waals surface area (Å²) in [7, 11) is 3.19. The van der Waals surface area contributed by atoms with Crippen molar-refractivity contribution in [2.24, 2.45) is 14.1 Å². The Balaban J connectivity index is 1.89. The van der Waals surface area contributed by atoms with Crippen LogP contribution < -0.4 is 21.3 Å². The number of anilines is 2. The number of nitrogens with zero attached hydrogens (tertiary/aromatic N) is 3. The minimum Gasteiger partial charge on any atom is -0.370 e. The molecule has 1 amide bonds. The minimum absolute atomic E-state index is 0.194. The van der Waals surface area contributed by atoms with E-state index in [2.05, 4.69) is 10.2 Å². The quantitative estimate of drug-likeness (QED) is 0.679. The number of aryl methyl sites for hydroxylation is 3. The Kier molecular flexibility index (Phi) is 5.20. The third kappa shape index (κ3) is 3.40. The SMILES string of the molecule is Cc1ccccc1C(=O)Nc1cc2c(cc1N1CCCCC1)n(C)c(=O)c(=O)n2C. The van der Waals surface area contributed by atoms with Crippen LogP contribution in [-0.4, -0.2) is 28.1 Å². The third-order valence-corrected chi connectivity index (χ3v) is 5.94. The molecule has 0 radical (unpaired) electrons. The van der Waals surface area contributed by atoms with Crippen LogP contribution in [0.3, 0.4) is 0 Å². The summed E-state index contributed by atoms with van der Waals surface area (Å²) in [5.41, 5.74) is 3.13. The van der Waals surface area contributed by atoms with E-state index in [1.807, 2.05) is 31.2 Å². The van der Waals surface area contributed by atoms with Gasteiger partial charge < -0.3 is 19.4 Å². The Morgan fingerprint density at radius 2 is 1.50 bits per heavy atom. The summed E-state index contributed by atoms with van der Waals surface area (Å²) < 4.78 is 2.74. The zero-order valence-corrected chi connectivity index (χ0v) is 17.6. The first-order valence-corrected chi connectivity index (χ1v) is 10.2. The average Bonchev–Trinajstić information content (AvgIpc) is 2.76. The van der Waals surface area contributed by atoms with Crippen molar-refractivity contribution in [1.82, 2.24) is 9.13 Å². The van der Waals surface area contributed by atoms with Gasteiger partial charge in [0.1, 0.15) is 0 Å². The molecule has 7 heteroatoms. The van der Waals surface area contributed by atoms with E-state index >= 15 is 0 Å². The molecule has 1 fully saturated rings. The second-order valence-corrected chi connectivity index (χ2v) is 7.90. The summed E-state index contributed by atoms with van der Waals surface area (Å²) in [4.78, 5) is 39.9. The normalized spacial score (nSPS) is 14.2. The number of carbonyl (C=O) groups excluding carboxylic acids is 1. The van der Waals surface area contributed by atoms with E-state index in [4.69, 9.17) is 0 Å². The molecule has 7 nitrogen and oxygen atoms in total. The van der Waals surface area contributed by atoms with Gasteiger partial charge in [-0.2, -0.15) is 0 Å². The van der Waals surface area contributed by atoms with Gasteiger partial charge in [-0.05, 0) is 49.9 Å². The second kappa shape index (κ2) is 7.82. The molecule has 156 valence electrons. The Bertz CT molecular complexity index is 1250. The monoisotopic (exact) mass is 406 g/mol. The Morgan fingerprint density at radius 1 is 0.900 bits per heavy atom. The van der Waals surface area contributed by atoms with Crippen molar-refractivity contribution in [3.8, 4) is 0 Å². The largest absolute Gasteiger partial charge is 0.370 e. The van der Waals surface area contributed by atoms with Gasteiger partial charge in [0.25, 0.3) is 5.91 Å². The summed E-state index contributed by atoms with van der Waals surface area (Å²) in [6.07, 6.45) is 3.34. The van der Waals surface area contributed by atoms with Crippen molar-refractivity contribution < 1.29 is 4.79 Å². The highest BCUT2D eigenvalue weighted by atomic mass is 16.2. The van der Waals surface area contributed by atoms with Crippen LogP contribution in [0, 0.1) is 6.92 Å². The van der Waals surface area contributed by atoms with E-state index in [0.29, 0.717) is 22.3 Å². The first-order valence-electron chi connectivity index (χ1n) is 10.2. The molecule has 30 heavy (non-hydrogen) atoms. The van der Waals surface area contributed by atoms with E-state index < -0.39 is 11.1 Å². The first kappa shape index (κ1) is 19.9. The van der Waals surface area contributed by atoms with Crippen molar-refractivity contribution in [3.05, 3.63) is 68.2 Å². The van der Waals surface area contributed by atoms with Crippen molar-refractivity contribution in [2.45, 2.75) is 26.2 Å². The number of nitrogens with one attached hydrogen (secondary N) is 1. The fourth-order valence-corrected chi connectivity index (χ4v) is 4.12. The molecule has 1 saturated heterocycles. The molecule has 0 unspecified atom stereocenters. The highest BCUT2D eigenvalue weighted by molar-refractivity contribution is 6.08. The highest BCUT2D eigenvalue weighted by Gasteiger charge is 2.20. The zero-order valence-electron chi connectivity index (χ0n) is 17.6. The Morgan fingerprint density at radius 3 is 2.13 bits per heavy atom. The fourth-order valence-electron chi connectivity index (χ4n) is 4.12. The van der Waals surface area contributed by atoms with Crippen LogP contribution in [0.1, 0.15) is 35.2 Å². The summed E-state index contributed by atoms with van der Waals surface area (Å²) >= 11 is 0. The lowest BCUT2D eigenvalue weighted by Gasteiger charge is -2.31. The molecule has 0 spiro atoms. The molecule has 1 N–H and O–H groups in total. The lowest BCUT2D eigenvalue weighted by atomic mass is 10.1. The topological polar surface area (TPSA) is 76.3 Å². The van der Waals surface area contributed by atoms with E-state index in [1.54, 1.807) is 26.2 Å². The van der Waals surface area contributed by atoms with Gasteiger partial charge in [0.2, 0.25) is 0 Å². The smallest absolute Gasteiger partial charge is 0.316 e. The van der Waals surface area contributed by atoms with Crippen LogP contribution in [0.25, 0.3) is 11.0 Å². The van der Waals surface area contributed by atoms with Crippen molar-refractivity contribution in [2.75, 3.05) is 23.3 Å². The average molecular weight is 406 g/mol. The molecular formula is C23H26N4O3. The number of carbonyl (C=O) groups is 1. The molecule has 0 bridgehead atoms. The first-order chi connectivity index (χ1) is 14.4. The predicted octanol–water partition coefficient (Wildman–Crippen LogP) is 2.79. The van der Waals surface area contributed by atoms with Gasteiger partial charge in [0.05, 0.1) is 22.4 Å². The third-order valence-electron chi connectivity index (χ3n) is 5.94. The molecule has 0 aliphatic carbocycles. The Hall–Kier alpha value is -3.35. The summed E-state index contributed by atoms with van der Waals surface area (Å²) in [6.45, 7) is 3.68. The van der Waals surface area contributed by atoms with Gasteiger partial charge in [-0.15, -0.1) is 0 Å². The number of rotatable bonds is 3. The number of piperidine rings is 1. The number of amides is 1. The van der Waals surface area contributed by atoms with Gasteiger partial charge in [0, 0.05) is 32.7 Å². The van der Waals surface area contributed by atoms with Crippen LogP contribution >= 0.6 is 0 Å². The minimum atomic E-state index is -0.591.